The summed E-state index contributed by atoms with van der Waals surface area (Å²) in [4.78, 5) is 165. The fourth-order valence-corrected chi connectivity index (χ4v) is 16.0. The molecule has 20 nitrogen and oxygen atoms in total. The van der Waals surface area contributed by atoms with Gasteiger partial charge in [-0.2, -0.15) is 0 Å². The molecule has 100 heavy (non-hydrogen) atoms. The van der Waals surface area contributed by atoms with E-state index in [-0.39, 0.29) is 121 Å². The van der Waals surface area contributed by atoms with Crippen molar-refractivity contribution in [3.63, 3.8) is 0 Å². The van der Waals surface area contributed by atoms with Crippen molar-refractivity contribution in [2.45, 2.75) is 259 Å². The van der Waals surface area contributed by atoms with Gasteiger partial charge in [-0.15, -0.1) is 13.2 Å². The number of benzene rings is 2. The molecular weight excluding hydrogens is 1270 g/mol. The third-order valence-corrected chi connectivity index (χ3v) is 21.6. The van der Waals surface area contributed by atoms with E-state index in [1.165, 1.54) is 12.2 Å². The van der Waals surface area contributed by atoms with Crippen LogP contribution < -0.4 is 10.6 Å². The molecular formula is C80H112N4O16. The van der Waals surface area contributed by atoms with Crippen LogP contribution >= 0.6 is 0 Å². The Labute approximate surface area is 592 Å². The number of likely N-dealkylation sites (tertiary alicyclic amines) is 2. The predicted octanol–water partition coefficient (Wildman–Crippen LogP) is 13.0. The van der Waals surface area contributed by atoms with Crippen LogP contribution in [0.5, 0.6) is 0 Å². The Kier molecular flexibility index (Phi) is 26.3. The van der Waals surface area contributed by atoms with E-state index in [1.54, 1.807) is 79.0 Å². The molecule has 548 valence electrons. The average Bonchev–Trinajstić information content (AvgIpc) is 1.53. The minimum atomic E-state index is -0.962. The summed E-state index contributed by atoms with van der Waals surface area (Å²) in [5.41, 5.74) is -2.06. The normalized spacial score (nSPS) is 22.8. The largest absolute Gasteiger partial charge is 0.455 e. The predicted molar refractivity (Wildman–Crippen MR) is 377 cm³/mol. The van der Waals surface area contributed by atoms with Crippen LogP contribution in [-0.4, -0.2) is 129 Å². The Morgan fingerprint density at radius 1 is 0.480 bits per heavy atom. The number of nitrogens with zero attached hydrogens (tertiary/aromatic N) is 2. The number of ketones is 6. The fourth-order valence-electron chi connectivity index (χ4n) is 16.0. The molecule has 20 heteroatoms. The van der Waals surface area contributed by atoms with Crippen LogP contribution in [-0.2, 0) is 78.1 Å². The maximum Gasteiger partial charge on any atom is 0.408 e. The van der Waals surface area contributed by atoms with Crippen molar-refractivity contribution in [3.8, 4) is 0 Å². The second-order valence-corrected chi connectivity index (χ2v) is 32.9. The average molecular weight is 1390 g/mol. The first kappa shape index (κ1) is 79.7. The van der Waals surface area contributed by atoms with Crippen molar-refractivity contribution in [1.29, 1.82) is 0 Å². The summed E-state index contributed by atoms with van der Waals surface area (Å²) >= 11 is 0. The Hall–Kier alpha value is -7.64. The van der Waals surface area contributed by atoms with Gasteiger partial charge in [0.15, 0.2) is 23.1 Å². The molecule has 4 aliphatic carbocycles. The highest BCUT2D eigenvalue weighted by Gasteiger charge is 2.71. The van der Waals surface area contributed by atoms with Crippen molar-refractivity contribution in [2.24, 2.45) is 58.2 Å². The van der Waals surface area contributed by atoms with E-state index in [0.717, 1.165) is 75.3 Å². The van der Waals surface area contributed by atoms with Gasteiger partial charge in [-0.25, -0.2) is 9.59 Å². The zero-order valence-electron chi connectivity index (χ0n) is 61.8. The number of piperidine rings is 2. The van der Waals surface area contributed by atoms with E-state index in [9.17, 15) is 57.5 Å². The Morgan fingerprint density at radius 2 is 0.800 bits per heavy atom. The van der Waals surface area contributed by atoms with Crippen molar-refractivity contribution < 1.29 is 76.5 Å². The van der Waals surface area contributed by atoms with Crippen molar-refractivity contribution in [2.75, 3.05) is 13.1 Å². The summed E-state index contributed by atoms with van der Waals surface area (Å²) in [6.45, 7) is 34.2. The minimum absolute atomic E-state index is 0.0814. The van der Waals surface area contributed by atoms with E-state index in [1.807, 2.05) is 60.7 Å². The number of alkyl carbamates (subject to hydrolysis) is 2. The lowest BCUT2D eigenvalue weighted by Gasteiger charge is -2.37. The van der Waals surface area contributed by atoms with Gasteiger partial charge in [0.25, 0.3) is 0 Å². The van der Waals surface area contributed by atoms with Crippen LogP contribution in [0.15, 0.2) is 86.0 Å². The summed E-state index contributed by atoms with van der Waals surface area (Å²) in [5, 5.41) is 5.71. The number of fused-ring (bicyclic) bond motifs is 2. The van der Waals surface area contributed by atoms with Crippen LogP contribution in [0.2, 0.25) is 0 Å². The lowest BCUT2D eigenvalue weighted by atomic mass is 9.82. The van der Waals surface area contributed by atoms with E-state index in [0.29, 0.717) is 13.1 Å². The molecule has 2 unspecified atom stereocenters. The quantitative estimate of drug-likeness (QED) is 0.0318. The molecule has 2 N–H and O–H groups in total. The molecule has 10 atom stereocenters. The second-order valence-electron chi connectivity index (χ2n) is 32.9. The first-order chi connectivity index (χ1) is 46.7. The zero-order valence-corrected chi connectivity index (χ0v) is 61.8. The zero-order chi connectivity index (χ0) is 74.0. The highest BCUT2D eigenvalue weighted by Crippen LogP contribution is 2.66. The molecule has 2 saturated heterocycles. The molecule has 6 fully saturated rings. The van der Waals surface area contributed by atoms with Gasteiger partial charge < -0.3 is 39.4 Å². The summed E-state index contributed by atoms with van der Waals surface area (Å²) < 4.78 is 22.3. The highest BCUT2D eigenvalue weighted by atomic mass is 16.6. The number of carbonyl (C=O) groups is 12. The number of ether oxygens (including phenoxy) is 4. The Morgan fingerprint density at radius 3 is 1.10 bits per heavy atom. The topological polar surface area (TPSA) is 272 Å². The van der Waals surface area contributed by atoms with Gasteiger partial charge in [-0.3, -0.25) is 47.9 Å². The maximum atomic E-state index is 14.4. The lowest BCUT2D eigenvalue weighted by Crippen LogP contribution is -2.57. The van der Waals surface area contributed by atoms with Crippen LogP contribution in [0.4, 0.5) is 9.59 Å². The van der Waals surface area contributed by atoms with Gasteiger partial charge in [0.05, 0.1) is 24.9 Å². The number of hydrogen-bond donors (Lipinski definition) is 2. The highest BCUT2D eigenvalue weighted by molar-refractivity contribution is 6.39. The number of amides is 4. The molecule has 2 aromatic carbocycles. The van der Waals surface area contributed by atoms with Crippen molar-refractivity contribution in [1.82, 2.24) is 20.4 Å². The van der Waals surface area contributed by atoms with Crippen molar-refractivity contribution in [3.05, 3.63) is 97.1 Å². The third kappa shape index (κ3) is 20.3. The Balaban J connectivity index is 0.000000281. The number of allylic oxidation sites excluding steroid dienone is 2. The number of carbonyl (C=O) groups excluding carboxylic acids is 12. The van der Waals surface area contributed by atoms with Gasteiger partial charge >= 0.3 is 24.1 Å². The SMILES string of the molecule is C=CCC(CC(=O)[C@@H]1[C@@H]2[C@H](CN1C(=O)[C@@H](NC(=O)OC(C)(C)C)C1CCCCC1)C2(C)C)C(=O)C(=O)CCC(=O)OC(C)(C)c1ccccc1.C=CCC(CC(=O)[C@@H]1[C@@H]2[C@H](CN1C(=O)[C@@H](NC(=O)OC(C)(C)C)C1CCCCC1)C2(C)C)C(=O)C(=O)CCC(=O)OC(C)(C)c1ccccc1. The summed E-state index contributed by atoms with van der Waals surface area (Å²) in [6, 6.07) is 15.2. The first-order valence-electron chi connectivity index (χ1n) is 36.3. The number of hydrogen-bond acceptors (Lipinski definition) is 16. The van der Waals surface area contributed by atoms with E-state index < -0.39 is 106 Å². The van der Waals surface area contributed by atoms with Gasteiger partial charge in [0.2, 0.25) is 23.4 Å². The molecule has 0 bridgehead atoms. The summed E-state index contributed by atoms with van der Waals surface area (Å²) in [5.74, 6) is -7.40. The summed E-state index contributed by atoms with van der Waals surface area (Å²) in [6.07, 6.45) is 9.26. The monoisotopic (exact) mass is 1380 g/mol. The fraction of sp³-hybridized carbons (Fsp3) is 0.650. The number of esters is 2. The molecule has 2 heterocycles. The van der Waals surface area contributed by atoms with Gasteiger partial charge in [-0.05, 0) is 165 Å². The molecule has 8 rings (SSSR count). The molecule has 4 saturated carbocycles. The van der Waals surface area contributed by atoms with Crippen LogP contribution in [0.3, 0.4) is 0 Å². The molecule has 4 amide bonds. The van der Waals surface area contributed by atoms with Crippen LogP contribution in [0.25, 0.3) is 0 Å². The molecule has 0 spiro atoms. The molecule has 0 radical (unpaired) electrons. The molecule has 2 aliphatic heterocycles. The van der Waals surface area contributed by atoms with Crippen molar-refractivity contribution >= 4 is 70.6 Å². The van der Waals surface area contributed by atoms with E-state index in [4.69, 9.17) is 18.9 Å². The Bertz CT molecular complexity index is 3130. The maximum absolute atomic E-state index is 14.4. The minimum Gasteiger partial charge on any atom is -0.455 e. The number of nitrogens with one attached hydrogen (secondary N) is 2. The molecule has 6 aliphatic rings. The summed E-state index contributed by atoms with van der Waals surface area (Å²) in [7, 11) is 0. The smallest absolute Gasteiger partial charge is 0.408 e. The third-order valence-electron chi connectivity index (χ3n) is 21.6. The van der Waals surface area contributed by atoms with Gasteiger partial charge in [-0.1, -0.05) is 139 Å². The molecule has 0 aromatic heterocycles. The number of rotatable bonds is 30. The second kappa shape index (κ2) is 33.0. The van der Waals surface area contributed by atoms with Gasteiger partial charge in [0.1, 0.15) is 34.5 Å². The van der Waals surface area contributed by atoms with E-state index in [2.05, 4.69) is 51.5 Å². The molecule has 2 aromatic rings. The van der Waals surface area contributed by atoms with Crippen LogP contribution in [0.1, 0.15) is 224 Å². The first-order valence-corrected chi connectivity index (χ1v) is 36.3. The van der Waals surface area contributed by atoms with Crippen LogP contribution in [0, 0.1) is 58.2 Å². The lowest BCUT2D eigenvalue weighted by molar-refractivity contribution is -0.159. The standard InChI is InChI=1S/2C40H56N2O8/c2*1-9-16-26(35(46)29(43)21-22-31(45)49-40(7,8)27-19-14-11-15-20-27)23-30(44)34-32-28(39(32,5)6)24-42(34)36(47)33(25-17-12-10-13-18-25)41-37(48)50-38(2,3)4/h2*9,11,14-15,19-20,25-26,28,32-34H,1,10,12-13,16-18,21-24H2,2-8H3,(H,41,48)/t2*26?,28-,32-,33-,34+/m00/s1. The number of Topliss-reactive ketones (excluding diaryl/α,β-unsaturated/α-hetero) is 6. The van der Waals surface area contributed by atoms with Gasteiger partial charge in [0, 0.05) is 50.6 Å². The van der Waals surface area contributed by atoms with E-state index >= 15 is 0 Å².